The third kappa shape index (κ3) is 27.0. The summed E-state index contributed by atoms with van der Waals surface area (Å²) in [5, 5.41) is 22.6. The van der Waals surface area contributed by atoms with Gasteiger partial charge in [-0.15, -0.1) is 45.3 Å². The fourth-order valence-corrected chi connectivity index (χ4v) is 13.1. The highest BCUT2D eigenvalue weighted by molar-refractivity contribution is 7.12. The Hall–Kier alpha value is -4.08. The van der Waals surface area contributed by atoms with E-state index < -0.39 is 0 Å². The topological polar surface area (TPSA) is 92.1 Å². The lowest BCUT2D eigenvalue weighted by molar-refractivity contribution is 0.523. The van der Waals surface area contributed by atoms with Crippen molar-refractivity contribution in [1.82, 2.24) is 44.3 Å². The maximum Gasteiger partial charge on any atom is 0.0984 e. The monoisotopic (exact) mass is 1230 g/mol. The van der Waals surface area contributed by atoms with Crippen molar-refractivity contribution in [3.05, 3.63) is 144 Å². The molecule has 83 heavy (non-hydrogen) atoms. The molecule has 466 valence electrons. The van der Waals surface area contributed by atoms with Gasteiger partial charge < -0.3 is 0 Å². The Morgan fingerprint density at radius 2 is 1.00 bits per heavy atom. The molecule has 0 atom stereocenters. The van der Waals surface area contributed by atoms with Gasteiger partial charge in [0.15, 0.2) is 0 Å². The molecule has 0 aliphatic heterocycles. The van der Waals surface area contributed by atoms with Crippen LogP contribution in [0.2, 0.25) is 0 Å². The molecule has 0 saturated carbocycles. The minimum Gasteiger partial charge on any atom is -0.276 e. The zero-order chi connectivity index (χ0) is 64.8. The molecule has 8 aromatic heterocycles. The van der Waals surface area contributed by atoms with Crippen LogP contribution in [0.4, 0.5) is 0 Å². The van der Waals surface area contributed by atoms with E-state index in [1.165, 1.54) is 79.7 Å². The maximum atomic E-state index is 4.50. The average Bonchev–Trinajstić information content (AvgIpc) is 4.15. The lowest BCUT2D eigenvalue weighted by Crippen LogP contribution is -2.16. The van der Waals surface area contributed by atoms with Gasteiger partial charge >= 0.3 is 0 Å². The molecule has 0 unspecified atom stereocenters. The van der Waals surface area contributed by atoms with Crippen LogP contribution in [-0.4, -0.2) is 44.3 Å². The molecule has 0 amide bonds. The Kier molecular flexibility index (Phi) is 28.7. The lowest BCUT2D eigenvalue weighted by atomic mass is 9.85. The minimum atomic E-state index is 0.203. The molecule has 0 spiro atoms. The van der Waals surface area contributed by atoms with Crippen LogP contribution in [0.1, 0.15) is 252 Å². The van der Waals surface area contributed by atoms with Crippen LogP contribution in [0, 0.1) is 55.4 Å². The van der Waals surface area contributed by atoms with Crippen LogP contribution in [0.25, 0.3) is 0 Å². The fourth-order valence-electron chi connectivity index (χ4n) is 8.42. The van der Waals surface area contributed by atoms with E-state index in [1.807, 2.05) is 81.6 Å². The second-order valence-corrected chi connectivity index (χ2v) is 35.4. The average molecular weight is 1230 g/mol. The second kappa shape index (κ2) is 31.0. The van der Waals surface area contributed by atoms with Crippen molar-refractivity contribution < 1.29 is 0 Å². The van der Waals surface area contributed by atoms with E-state index in [1.54, 1.807) is 22.7 Å². The Balaban J connectivity index is 0.000000475. The van der Waals surface area contributed by atoms with Gasteiger partial charge in [0.2, 0.25) is 0 Å². The van der Waals surface area contributed by atoms with Crippen molar-refractivity contribution in [2.75, 3.05) is 0 Å². The summed E-state index contributed by atoms with van der Waals surface area (Å²) in [5.41, 5.74) is 13.4. The van der Waals surface area contributed by atoms with Gasteiger partial charge in [0.25, 0.3) is 0 Å². The van der Waals surface area contributed by atoms with Crippen molar-refractivity contribution in [2.24, 2.45) is 21.1 Å². The van der Waals surface area contributed by atoms with Crippen molar-refractivity contribution in [3.63, 3.8) is 0 Å². The Bertz CT molecular complexity index is 2970. The molecule has 0 bridgehead atoms. The Morgan fingerprint density at radius 3 is 1.19 bits per heavy atom. The van der Waals surface area contributed by atoms with E-state index in [9.17, 15) is 0 Å². The van der Waals surface area contributed by atoms with Crippen molar-refractivity contribution in [1.29, 1.82) is 0 Å². The van der Waals surface area contributed by atoms with Crippen molar-refractivity contribution >= 4 is 56.7 Å². The number of aryl methyl sites for hydroxylation is 10. The highest BCUT2D eigenvalue weighted by atomic mass is 32.1. The van der Waals surface area contributed by atoms with Gasteiger partial charge in [0.1, 0.15) is 0 Å². The SMILES string of the molecule is CC(C)(C)c1cccs1.CC(C)(C)c1ccsc1.Cc1nc(C(C)(C)C)c(C)s1.Cc1nc(C(C)(C)C)sc1C.Cc1nc(C)c(C(C)(C)C)s1.Cc1nn(C)c(C)c1C(C)(C)C.Cn1cc(C(C)(C)C)cn1.Cn1nccc1C(C)(C)C. The van der Waals surface area contributed by atoms with Crippen LogP contribution in [0.5, 0.6) is 0 Å². The summed E-state index contributed by atoms with van der Waals surface area (Å²) in [6.45, 7) is 69.8. The molecule has 0 aliphatic carbocycles. The van der Waals surface area contributed by atoms with E-state index in [4.69, 9.17) is 0 Å². The summed E-state index contributed by atoms with van der Waals surface area (Å²) in [7, 11) is 5.91. The summed E-state index contributed by atoms with van der Waals surface area (Å²) in [6, 6.07) is 8.53. The first-order chi connectivity index (χ1) is 37.3. The first-order valence-electron chi connectivity index (χ1n) is 29.2. The van der Waals surface area contributed by atoms with Crippen molar-refractivity contribution in [2.45, 2.75) is 265 Å². The van der Waals surface area contributed by atoms with Crippen LogP contribution >= 0.6 is 56.7 Å². The zero-order valence-corrected chi connectivity index (χ0v) is 62.9. The van der Waals surface area contributed by atoms with Gasteiger partial charge in [0, 0.05) is 86.2 Å². The summed E-state index contributed by atoms with van der Waals surface area (Å²) in [5.74, 6) is 0. The lowest BCUT2D eigenvalue weighted by Gasteiger charge is -2.19. The molecule has 8 aromatic rings. The normalized spacial score (nSPS) is 12.0. The maximum absolute atomic E-state index is 4.50. The summed E-state index contributed by atoms with van der Waals surface area (Å²) in [4.78, 5) is 19.0. The van der Waals surface area contributed by atoms with Crippen molar-refractivity contribution in [3.8, 4) is 0 Å². The number of hydrogen-bond donors (Lipinski definition) is 0. The van der Waals surface area contributed by atoms with Crippen LogP contribution < -0.4 is 0 Å². The van der Waals surface area contributed by atoms with E-state index >= 15 is 0 Å². The standard InChI is InChI=1S/C10H18N2.3C9H15NS.2C8H14N2.2C8H12S/c1-7-9(10(3,4)5)8(2)12(6)11-7;1-6-8(9(3,4)5)10-7(2)11-6;1-6-8(9(3,4)5)11-7(2)10-6;1-6-7(2)11-8(10-6)9(3,4)5;1-8(2,3)7-5-9-10(4)6-7;1-8(2,3)7-5-6-9-10(7)4;1-8(2,3)7-4-5-9-6-7;1-8(2,3)7-5-4-6-9-7/h1-6H3;3*1-5H3;2*5-6H,1-4H3;2*4-6H,1-3H3. The van der Waals surface area contributed by atoms with Crippen LogP contribution in [-0.2, 0) is 64.5 Å². The number of thiazole rings is 3. The van der Waals surface area contributed by atoms with Gasteiger partial charge in [-0.1, -0.05) is 172 Å². The molecule has 9 nitrogen and oxygen atoms in total. The molecule has 0 N–H and O–H groups in total. The molecular formula is C69H115N9S5. The highest BCUT2D eigenvalue weighted by Crippen LogP contribution is 2.33. The third-order valence-corrected chi connectivity index (χ3v) is 18.8. The van der Waals surface area contributed by atoms with Gasteiger partial charge in [0.05, 0.1) is 44.0 Å². The van der Waals surface area contributed by atoms with E-state index in [2.05, 4.69) is 298 Å². The Labute approximate surface area is 527 Å². The van der Waals surface area contributed by atoms with Crippen LogP contribution in [0.15, 0.2) is 59.0 Å². The fraction of sp³-hybridized carbons (Fsp3) is 0.623. The quantitative estimate of drug-likeness (QED) is 0.150. The Morgan fingerprint density at radius 1 is 0.446 bits per heavy atom. The van der Waals surface area contributed by atoms with Gasteiger partial charge in [-0.2, -0.15) is 26.6 Å². The molecule has 0 saturated heterocycles. The molecular weight excluding hydrogens is 1120 g/mol. The molecule has 8 rings (SSSR count). The zero-order valence-electron chi connectivity index (χ0n) is 58.8. The van der Waals surface area contributed by atoms with Gasteiger partial charge in [-0.3, -0.25) is 14.0 Å². The number of nitrogens with zero attached hydrogens (tertiary/aromatic N) is 9. The molecule has 0 aromatic carbocycles. The van der Waals surface area contributed by atoms with E-state index in [0.717, 1.165) is 5.69 Å². The third-order valence-electron chi connectivity index (χ3n) is 12.9. The first kappa shape index (κ1) is 76.9. The largest absolute Gasteiger partial charge is 0.276 e. The number of rotatable bonds is 0. The predicted octanol–water partition coefficient (Wildman–Crippen LogP) is 21.0. The number of hydrogen-bond acceptors (Lipinski definition) is 11. The molecule has 8 heterocycles. The molecule has 0 radical (unpaired) electrons. The number of aromatic nitrogens is 9. The molecule has 0 aliphatic rings. The minimum absolute atomic E-state index is 0.203. The number of thiophene rings is 2. The smallest absolute Gasteiger partial charge is 0.0984 e. The predicted molar refractivity (Wildman–Crippen MR) is 372 cm³/mol. The highest BCUT2D eigenvalue weighted by Gasteiger charge is 2.24. The second-order valence-electron chi connectivity index (χ2n) is 29.8. The van der Waals surface area contributed by atoms with Gasteiger partial charge in [-0.25, -0.2) is 15.0 Å². The first-order valence-corrected chi connectivity index (χ1v) is 33.5. The van der Waals surface area contributed by atoms with Crippen LogP contribution in [0.3, 0.4) is 0 Å². The molecule has 0 fully saturated rings. The molecule has 14 heteroatoms. The van der Waals surface area contributed by atoms with E-state index in [0.29, 0.717) is 10.8 Å². The summed E-state index contributed by atoms with van der Waals surface area (Å²) < 4.78 is 5.70. The van der Waals surface area contributed by atoms with Gasteiger partial charge in [-0.05, 0) is 128 Å². The van der Waals surface area contributed by atoms with E-state index in [-0.39, 0.29) is 32.5 Å². The summed E-state index contributed by atoms with van der Waals surface area (Å²) in [6.07, 6.45) is 5.81. The summed E-state index contributed by atoms with van der Waals surface area (Å²) >= 11 is 9.00.